The first kappa shape index (κ1) is 14.9. The van der Waals surface area contributed by atoms with Crippen molar-refractivity contribution in [2.45, 2.75) is 51.4 Å². The third-order valence-corrected chi connectivity index (χ3v) is 2.87. The summed E-state index contributed by atoms with van der Waals surface area (Å²) in [6, 6.07) is 5.11. The smallest absolute Gasteiger partial charge is 0.365 e. The highest BCUT2D eigenvalue weighted by molar-refractivity contribution is 5.49. The van der Waals surface area contributed by atoms with Crippen LogP contribution in [-0.4, -0.2) is 29.3 Å². The first-order valence-corrected chi connectivity index (χ1v) is 6.73. The van der Waals surface area contributed by atoms with Crippen molar-refractivity contribution >= 4 is 11.6 Å². The number of pyridine rings is 1. The molecule has 112 valence electrons. The maximum Gasteiger partial charge on any atom is 0.405 e. The van der Waals surface area contributed by atoms with Crippen molar-refractivity contribution in [1.82, 2.24) is 4.98 Å². The monoisotopic (exact) mass is 287 g/mol. The first-order chi connectivity index (χ1) is 9.14. The lowest BCUT2D eigenvalue weighted by Crippen LogP contribution is -2.36. The van der Waals surface area contributed by atoms with Gasteiger partial charge in [-0.2, -0.15) is 13.2 Å². The van der Waals surface area contributed by atoms with Crippen LogP contribution in [0.5, 0.6) is 0 Å². The summed E-state index contributed by atoms with van der Waals surface area (Å²) in [5.74, 6) is 0.988. The summed E-state index contributed by atoms with van der Waals surface area (Å²) in [6.45, 7) is 5.00. The van der Waals surface area contributed by atoms with Gasteiger partial charge in [0.25, 0.3) is 0 Å². The van der Waals surface area contributed by atoms with Gasteiger partial charge >= 0.3 is 6.18 Å². The average molecular weight is 287 g/mol. The standard InChI is InChI=1S/C14H20F3N3/c1-13(2,3)19-11-5-4-6-12(18-11)20(10-7-8-10)9-14(15,16)17/h4-6,10H,7-9H2,1-3H3,(H,18,19). The quantitative estimate of drug-likeness (QED) is 0.912. The molecule has 0 bridgehead atoms. The summed E-state index contributed by atoms with van der Waals surface area (Å²) in [5.41, 5.74) is -0.180. The fourth-order valence-electron chi connectivity index (χ4n) is 2.01. The van der Waals surface area contributed by atoms with E-state index in [0.29, 0.717) is 11.6 Å². The molecule has 1 heterocycles. The van der Waals surface area contributed by atoms with E-state index in [4.69, 9.17) is 0 Å². The zero-order valence-corrected chi connectivity index (χ0v) is 12.0. The highest BCUT2D eigenvalue weighted by Gasteiger charge is 2.38. The number of aromatic nitrogens is 1. The van der Waals surface area contributed by atoms with Crippen LogP contribution in [0.2, 0.25) is 0 Å². The Balaban J connectivity index is 2.19. The third-order valence-electron chi connectivity index (χ3n) is 2.87. The fourth-order valence-corrected chi connectivity index (χ4v) is 2.01. The number of halogens is 3. The van der Waals surface area contributed by atoms with E-state index < -0.39 is 12.7 Å². The Morgan fingerprint density at radius 3 is 2.40 bits per heavy atom. The van der Waals surface area contributed by atoms with Gasteiger partial charge < -0.3 is 10.2 Å². The molecule has 2 rings (SSSR count). The molecule has 0 aliphatic heterocycles. The van der Waals surface area contributed by atoms with E-state index in [2.05, 4.69) is 10.3 Å². The summed E-state index contributed by atoms with van der Waals surface area (Å²) >= 11 is 0. The van der Waals surface area contributed by atoms with Crippen LogP contribution < -0.4 is 10.2 Å². The molecule has 1 N–H and O–H groups in total. The van der Waals surface area contributed by atoms with E-state index in [9.17, 15) is 13.2 Å². The molecule has 6 heteroatoms. The lowest BCUT2D eigenvalue weighted by atomic mass is 10.1. The number of hydrogen-bond acceptors (Lipinski definition) is 3. The second-order valence-corrected chi connectivity index (χ2v) is 6.23. The van der Waals surface area contributed by atoms with Crippen LogP contribution >= 0.6 is 0 Å². The van der Waals surface area contributed by atoms with E-state index >= 15 is 0 Å². The van der Waals surface area contributed by atoms with Gasteiger partial charge in [-0.05, 0) is 45.7 Å². The second kappa shape index (κ2) is 5.14. The van der Waals surface area contributed by atoms with Crippen LogP contribution in [-0.2, 0) is 0 Å². The molecule has 0 saturated heterocycles. The minimum absolute atomic E-state index is 0.0333. The molecule has 1 aromatic heterocycles. The fraction of sp³-hybridized carbons (Fsp3) is 0.643. The van der Waals surface area contributed by atoms with Crippen molar-refractivity contribution in [3.05, 3.63) is 18.2 Å². The Morgan fingerprint density at radius 1 is 1.25 bits per heavy atom. The van der Waals surface area contributed by atoms with Gasteiger partial charge in [-0.15, -0.1) is 0 Å². The van der Waals surface area contributed by atoms with E-state index in [0.717, 1.165) is 12.8 Å². The number of anilines is 2. The molecule has 1 saturated carbocycles. The SMILES string of the molecule is CC(C)(C)Nc1cccc(N(CC(F)(F)F)C2CC2)n1. The van der Waals surface area contributed by atoms with Gasteiger partial charge in [0.1, 0.15) is 18.2 Å². The number of nitrogens with zero attached hydrogens (tertiary/aromatic N) is 2. The van der Waals surface area contributed by atoms with Crippen LogP contribution in [0.15, 0.2) is 18.2 Å². The van der Waals surface area contributed by atoms with Gasteiger partial charge in [-0.3, -0.25) is 0 Å². The zero-order chi connectivity index (χ0) is 15.0. The number of alkyl halides is 3. The lowest BCUT2D eigenvalue weighted by Gasteiger charge is -2.26. The predicted octanol–water partition coefficient (Wildman–Crippen LogP) is 3.82. The Kier molecular flexibility index (Phi) is 3.84. The summed E-state index contributed by atoms with van der Waals surface area (Å²) in [4.78, 5) is 5.67. The van der Waals surface area contributed by atoms with E-state index in [1.54, 1.807) is 18.2 Å². The van der Waals surface area contributed by atoms with Crippen molar-refractivity contribution in [2.24, 2.45) is 0 Å². The molecule has 20 heavy (non-hydrogen) atoms. The topological polar surface area (TPSA) is 28.2 Å². The average Bonchev–Trinajstić information content (AvgIpc) is 3.06. The molecule has 1 aromatic rings. The Hall–Kier alpha value is -1.46. The lowest BCUT2D eigenvalue weighted by molar-refractivity contribution is -0.120. The number of hydrogen-bond donors (Lipinski definition) is 1. The van der Waals surface area contributed by atoms with E-state index in [1.165, 1.54) is 4.90 Å². The maximum absolute atomic E-state index is 12.7. The molecule has 0 aromatic carbocycles. The summed E-state index contributed by atoms with van der Waals surface area (Å²) in [6.07, 6.45) is -2.61. The van der Waals surface area contributed by atoms with Crippen molar-refractivity contribution in [1.29, 1.82) is 0 Å². The molecule has 0 spiro atoms. The highest BCUT2D eigenvalue weighted by Crippen LogP contribution is 2.34. The minimum Gasteiger partial charge on any atom is -0.365 e. The van der Waals surface area contributed by atoms with Crippen LogP contribution in [0.1, 0.15) is 33.6 Å². The Labute approximate surface area is 117 Å². The van der Waals surface area contributed by atoms with E-state index in [-0.39, 0.29) is 11.6 Å². The summed E-state index contributed by atoms with van der Waals surface area (Å²) in [7, 11) is 0. The van der Waals surface area contributed by atoms with Crippen LogP contribution in [0.3, 0.4) is 0 Å². The van der Waals surface area contributed by atoms with Crippen LogP contribution in [0, 0.1) is 0 Å². The first-order valence-electron chi connectivity index (χ1n) is 6.73. The van der Waals surface area contributed by atoms with Crippen molar-refractivity contribution in [3.8, 4) is 0 Å². The Morgan fingerprint density at radius 2 is 1.90 bits per heavy atom. The molecule has 1 aliphatic carbocycles. The molecular formula is C14H20F3N3. The van der Waals surface area contributed by atoms with Gasteiger partial charge in [0.15, 0.2) is 0 Å². The van der Waals surface area contributed by atoms with Gasteiger partial charge in [0.2, 0.25) is 0 Å². The maximum atomic E-state index is 12.7. The number of nitrogens with one attached hydrogen (secondary N) is 1. The highest BCUT2D eigenvalue weighted by atomic mass is 19.4. The zero-order valence-electron chi connectivity index (χ0n) is 12.0. The van der Waals surface area contributed by atoms with Crippen LogP contribution in [0.4, 0.5) is 24.8 Å². The molecule has 3 nitrogen and oxygen atoms in total. The van der Waals surface area contributed by atoms with Crippen molar-refractivity contribution in [2.75, 3.05) is 16.8 Å². The van der Waals surface area contributed by atoms with Crippen LogP contribution in [0.25, 0.3) is 0 Å². The molecule has 1 aliphatic rings. The van der Waals surface area contributed by atoms with Gasteiger partial charge in [0, 0.05) is 11.6 Å². The third kappa shape index (κ3) is 4.58. The van der Waals surface area contributed by atoms with Gasteiger partial charge in [-0.1, -0.05) is 6.07 Å². The molecule has 0 atom stereocenters. The molecular weight excluding hydrogens is 267 g/mol. The van der Waals surface area contributed by atoms with Crippen molar-refractivity contribution in [3.63, 3.8) is 0 Å². The second-order valence-electron chi connectivity index (χ2n) is 6.23. The van der Waals surface area contributed by atoms with E-state index in [1.807, 2.05) is 20.8 Å². The van der Waals surface area contributed by atoms with Gasteiger partial charge in [0.05, 0.1) is 0 Å². The summed E-state index contributed by atoms with van der Waals surface area (Å²) in [5, 5.41) is 3.18. The molecule has 1 fully saturated rings. The molecule has 0 unspecified atom stereocenters. The summed E-state index contributed by atoms with van der Waals surface area (Å²) < 4.78 is 38.0. The predicted molar refractivity (Wildman–Crippen MR) is 74.0 cm³/mol. The van der Waals surface area contributed by atoms with Crippen molar-refractivity contribution < 1.29 is 13.2 Å². The Bertz CT molecular complexity index is 461. The largest absolute Gasteiger partial charge is 0.405 e. The normalized spacial score (nSPS) is 16.1. The molecule has 0 amide bonds. The minimum atomic E-state index is -4.21. The van der Waals surface area contributed by atoms with Gasteiger partial charge in [-0.25, -0.2) is 4.98 Å². The molecule has 0 radical (unpaired) electrons. The number of rotatable bonds is 4.